The Kier molecular flexibility index (Phi) is 3.43. The van der Waals surface area contributed by atoms with Crippen LogP contribution in [-0.4, -0.2) is 29.9 Å². The number of carbonyl (C=O) groups is 2. The van der Waals surface area contributed by atoms with Crippen LogP contribution in [0.1, 0.15) is 9.67 Å². The van der Waals surface area contributed by atoms with Crippen LogP contribution in [0.15, 0.2) is 39.1 Å². The van der Waals surface area contributed by atoms with Gasteiger partial charge in [0.25, 0.3) is 11.8 Å². The molecule has 1 aliphatic heterocycles. The number of dihydropyridines is 1. The third-order valence-electron chi connectivity index (χ3n) is 2.11. The molecule has 0 saturated carbocycles. The van der Waals surface area contributed by atoms with Gasteiger partial charge in [-0.1, -0.05) is 6.07 Å². The predicted octanol–water partition coefficient (Wildman–Crippen LogP) is 2.43. The first-order valence-corrected chi connectivity index (χ1v) is 5.80. The number of halogens is 3. The number of nitrogens with zero attached hydrogens (tertiary/aromatic N) is 2. The minimum atomic E-state index is -4.64. The van der Waals surface area contributed by atoms with Crippen LogP contribution in [0.3, 0.4) is 0 Å². The standard InChI is InChI=1S/C11H5F3N2O2S/c12-11(13,14)6-4-7(9(17)15-5-6)16-10(18)8-2-1-3-19-8/h1-5H. The molecule has 1 aliphatic rings. The second-order valence-electron chi connectivity index (χ2n) is 3.44. The Balaban J connectivity index is 2.33. The van der Waals surface area contributed by atoms with Crippen molar-refractivity contribution >= 4 is 35.1 Å². The van der Waals surface area contributed by atoms with Crippen molar-refractivity contribution in [3.05, 3.63) is 34.0 Å². The first-order valence-electron chi connectivity index (χ1n) is 4.92. The first kappa shape index (κ1) is 13.3. The Bertz CT molecular complexity index is 612. The highest BCUT2D eigenvalue weighted by atomic mass is 32.1. The lowest BCUT2D eigenvalue weighted by molar-refractivity contribution is -0.111. The van der Waals surface area contributed by atoms with E-state index in [1.165, 1.54) is 6.07 Å². The summed E-state index contributed by atoms with van der Waals surface area (Å²) in [5.74, 6) is -1.74. The quantitative estimate of drug-likeness (QED) is 0.796. The maximum atomic E-state index is 12.4. The van der Waals surface area contributed by atoms with Gasteiger partial charge in [-0.05, 0) is 17.5 Å². The molecule has 0 bridgehead atoms. The number of rotatable bonds is 1. The minimum absolute atomic E-state index is 0.233. The summed E-state index contributed by atoms with van der Waals surface area (Å²) in [6, 6.07) is 3.05. The summed E-state index contributed by atoms with van der Waals surface area (Å²) < 4.78 is 37.3. The van der Waals surface area contributed by atoms with Crippen LogP contribution >= 0.6 is 11.3 Å². The molecule has 2 amide bonds. The van der Waals surface area contributed by atoms with E-state index in [2.05, 4.69) is 9.98 Å². The number of amides is 2. The molecule has 0 spiro atoms. The third kappa shape index (κ3) is 3.02. The molecule has 0 radical (unpaired) electrons. The number of allylic oxidation sites excluding steroid dienone is 1. The van der Waals surface area contributed by atoms with Crippen LogP contribution in [0.25, 0.3) is 0 Å². The topological polar surface area (TPSA) is 58.9 Å². The largest absolute Gasteiger partial charge is 0.417 e. The van der Waals surface area contributed by atoms with Gasteiger partial charge in [0, 0.05) is 6.21 Å². The van der Waals surface area contributed by atoms with Crippen LogP contribution in [0.2, 0.25) is 0 Å². The lowest BCUT2D eigenvalue weighted by atomic mass is 10.1. The fraction of sp³-hybridized carbons (Fsp3) is 0.0909. The lowest BCUT2D eigenvalue weighted by Crippen LogP contribution is -2.23. The van der Waals surface area contributed by atoms with E-state index in [0.717, 1.165) is 11.3 Å². The zero-order valence-corrected chi connectivity index (χ0v) is 9.96. The normalized spacial score (nSPS) is 17.7. The van der Waals surface area contributed by atoms with Crippen LogP contribution < -0.4 is 0 Å². The average Bonchev–Trinajstić information content (AvgIpc) is 2.84. The fourth-order valence-electron chi connectivity index (χ4n) is 1.24. The molecule has 0 unspecified atom stereocenters. The van der Waals surface area contributed by atoms with Gasteiger partial charge in [0.1, 0.15) is 5.71 Å². The summed E-state index contributed by atoms with van der Waals surface area (Å²) in [6.07, 6.45) is -3.71. The molecule has 19 heavy (non-hydrogen) atoms. The highest BCUT2D eigenvalue weighted by molar-refractivity contribution is 7.12. The monoisotopic (exact) mass is 286 g/mol. The van der Waals surface area contributed by atoms with Gasteiger partial charge in [-0.25, -0.2) is 9.98 Å². The van der Waals surface area contributed by atoms with Crippen LogP contribution in [0, 0.1) is 0 Å². The van der Waals surface area contributed by atoms with Crippen LogP contribution in [0.5, 0.6) is 0 Å². The van der Waals surface area contributed by atoms with Gasteiger partial charge in [-0.15, -0.1) is 11.3 Å². The molecule has 98 valence electrons. The maximum absolute atomic E-state index is 12.4. The Morgan fingerprint density at radius 2 is 2.11 bits per heavy atom. The second kappa shape index (κ2) is 4.88. The van der Waals surface area contributed by atoms with E-state index >= 15 is 0 Å². The van der Waals surface area contributed by atoms with Gasteiger partial charge in [0.05, 0.1) is 10.5 Å². The zero-order chi connectivity index (χ0) is 14.0. The average molecular weight is 286 g/mol. The molecular weight excluding hydrogens is 281 g/mol. The van der Waals surface area contributed by atoms with E-state index in [9.17, 15) is 22.8 Å². The predicted molar refractivity (Wildman–Crippen MR) is 63.7 cm³/mol. The van der Waals surface area contributed by atoms with E-state index in [1.54, 1.807) is 11.4 Å². The second-order valence-corrected chi connectivity index (χ2v) is 4.39. The molecule has 0 fully saturated rings. The van der Waals surface area contributed by atoms with Gasteiger partial charge in [0.15, 0.2) is 0 Å². The Morgan fingerprint density at radius 1 is 1.37 bits per heavy atom. The molecular formula is C11H5F3N2O2S. The third-order valence-corrected chi connectivity index (χ3v) is 2.97. The summed E-state index contributed by atoms with van der Waals surface area (Å²) >= 11 is 1.08. The van der Waals surface area contributed by atoms with Crippen LogP contribution in [-0.2, 0) is 4.79 Å². The summed E-state index contributed by atoms with van der Waals surface area (Å²) in [4.78, 5) is 29.5. The van der Waals surface area contributed by atoms with Gasteiger partial charge in [-0.2, -0.15) is 13.2 Å². The van der Waals surface area contributed by atoms with Gasteiger partial charge >= 0.3 is 6.18 Å². The number of thiophene rings is 1. The minimum Gasteiger partial charge on any atom is -0.266 e. The molecule has 1 aromatic heterocycles. The molecule has 2 rings (SSSR count). The van der Waals surface area contributed by atoms with Gasteiger partial charge in [-0.3, -0.25) is 9.59 Å². The maximum Gasteiger partial charge on any atom is 0.417 e. The summed E-state index contributed by atoms with van der Waals surface area (Å²) in [5, 5.41) is 1.62. The van der Waals surface area contributed by atoms with Crippen molar-refractivity contribution in [3.63, 3.8) is 0 Å². The smallest absolute Gasteiger partial charge is 0.266 e. The SMILES string of the molecule is O=C1N=CC(C(F)(F)F)=CC1=NC(=O)c1cccs1. The summed E-state index contributed by atoms with van der Waals surface area (Å²) in [6.45, 7) is 0. The van der Waals surface area contributed by atoms with Crippen molar-refractivity contribution in [2.75, 3.05) is 0 Å². The van der Waals surface area contributed by atoms with E-state index in [4.69, 9.17) is 0 Å². The molecule has 0 atom stereocenters. The molecule has 0 aliphatic carbocycles. The molecule has 0 aromatic carbocycles. The molecule has 0 N–H and O–H groups in total. The summed E-state index contributed by atoms with van der Waals surface area (Å²) in [7, 11) is 0. The molecule has 0 saturated heterocycles. The van der Waals surface area contributed by atoms with Crippen molar-refractivity contribution in [1.82, 2.24) is 0 Å². The fourth-order valence-corrected chi connectivity index (χ4v) is 1.85. The van der Waals surface area contributed by atoms with Crippen molar-refractivity contribution in [1.29, 1.82) is 0 Å². The van der Waals surface area contributed by atoms with E-state index in [-0.39, 0.29) is 4.88 Å². The Hall–Kier alpha value is -2.09. The molecule has 8 heteroatoms. The number of carbonyl (C=O) groups excluding carboxylic acids is 2. The number of hydrogen-bond donors (Lipinski definition) is 0. The van der Waals surface area contributed by atoms with Crippen molar-refractivity contribution in [2.45, 2.75) is 6.18 Å². The van der Waals surface area contributed by atoms with Crippen molar-refractivity contribution < 1.29 is 22.8 Å². The number of alkyl halides is 3. The van der Waals surface area contributed by atoms with E-state index in [0.29, 0.717) is 12.3 Å². The highest BCUT2D eigenvalue weighted by Gasteiger charge is 2.35. The summed E-state index contributed by atoms with van der Waals surface area (Å²) in [5.41, 5.74) is -1.74. The van der Waals surface area contributed by atoms with Crippen molar-refractivity contribution in [3.8, 4) is 0 Å². The molecule has 4 nitrogen and oxygen atoms in total. The lowest BCUT2D eigenvalue weighted by Gasteiger charge is -2.10. The number of aliphatic imine (C=N–C) groups is 2. The van der Waals surface area contributed by atoms with Crippen molar-refractivity contribution in [2.24, 2.45) is 9.98 Å². The number of hydrogen-bond acceptors (Lipinski definition) is 3. The van der Waals surface area contributed by atoms with Gasteiger partial charge in [0.2, 0.25) is 0 Å². The van der Waals surface area contributed by atoms with E-state index < -0.39 is 29.3 Å². The zero-order valence-electron chi connectivity index (χ0n) is 9.14. The van der Waals surface area contributed by atoms with Gasteiger partial charge < -0.3 is 0 Å². The van der Waals surface area contributed by atoms with E-state index in [1.807, 2.05) is 0 Å². The Morgan fingerprint density at radius 3 is 2.68 bits per heavy atom. The highest BCUT2D eigenvalue weighted by Crippen LogP contribution is 2.25. The first-order chi connectivity index (χ1) is 8.88. The molecule has 1 aromatic rings. The van der Waals surface area contributed by atoms with Crippen LogP contribution in [0.4, 0.5) is 13.2 Å². The molecule has 2 heterocycles. The Labute approximate surface area is 109 Å².